The smallest absolute Gasteiger partial charge is 0.251 e. The minimum atomic E-state index is -0.668. The average Bonchev–Trinajstić information content (AvgIpc) is 3.20. The van der Waals surface area contributed by atoms with E-state index in [-0.39, 0.29) is 11.8 Å². The highest BCUT2D eigenvalue weighted by Gasteiger charge is 2.22. The number of hydrogen-bond donors (Lipinski definition) is 2. The second-order valence-electron chi connectivity index (χ2n) is 6.28. The third-order valence-electron chi connectivity index (χ3n) is 4.11. The molecule has 138 valence electrons. The van der Waals surface area contributed by atoms with Crippen LogP contribution in [0.1, 0.15) is 27.2 Å². The standard InChI is InChI=1S/C21H21N3O2S/c1-15-6-5-9-17(10-15)20(25)24-19(11-16-7-3-2-4-8-16)21(26)22-12-18-13-27-14-23-18/h2-10,13-14,19H,11-12H2,1H3,(H,22,26)(H,24,25)/t19-/m1/s1. The van der Waals surface area contributed by atoms with E-state index < -0.39 is 6.04 Å². The molecule has 0 unspecified atom stereocenters. The van der Waals surface area contributed by atoms with Gasteiger partial charge in [-0.05, 0) is 24.6 Å². The summed E-state index contributed by atoms with van der Waals surface area (Å²) in [5.74, 6) is -0.490. The van der Waals surface area contributed by atoms with Crippen molar-refractivity contribution in [3.05, 3.63) is 87.9 Å². The highest BCUT2D eigenvalue weighted by molar-refractivity contribution is 7.07. The molecule has 1 atom stereocenters. The quantitative estimate of drug-likeness (QED) is 0.663. The molecular formula is C21H21N3O2S. The Bertz CT molecular complexity index is 895. The molecule has 0 saturated carbocycles. The van der Waals surface area contributed by atoms with Crippen LogP contribution in [0, 0.1) is 6.92 Å². The molecule has 5 nitrogen and oxygen atoms in total. The van der Waals surface area contributed by atoms with Gasteiger partial charge in [0.2, 0.25) is 5.91 Å². The first-order valence-corrected chi connectivity index (χ1v) is 9.62. The zero-order valence-electron chi connectivity index (χ0n) is 15.0. The Hall–Kier alpha value is -2.99. The summed E-state index contributed by atoms with van der Waals surface area (Å²) in [6.07, 6.45) is 0.418. The van der Waals surface area contributed by atoms with E-state index in [1.165, 1.54) is 11.3 Å². The molecule has 3 rings (SSSR count). The molecule has 1 aromatic heterocycles. The molecule has 0 aliphatic carbocycles. The monoisotopic (exact) mass is 379 g/mol. The second kappa shape index (κ2) is 9.09. The van der Waals surface area contributed by atoms with Crippen molar-refractivity contribution in [2.45, 2.75) is 25.9 Å². The number of amides is 2. The highest BCUT2D eigenvalue weighted by Crippen LogP contribution is 2.08. The number of nitrogens with one attached hydrogen (secondary N) is 2. The predicted molar refractivity (Wildman–Crippen MR) is 107 cm³/mol. The van der Waals surface area contributed by atoms with Crippen molar-refractivity contribution in [1.29, 1.82) is 0 Å². The molecule has 0 aliphatic heterocycles. The molecule has 2 aromatic carbocycles. The molecule has 1 heterocycles. The molecule has 0 radical (unpaired) electrons. The Morgan fingerprint density at radius 3 is 2.63 bits per heavy atom. The van der Waals surface area contributed by atoms with Crippen molar-refractivity contribution in [2.75, 3.05) is 0 Å². The molecule has 0 spiro atoms. The van der Waals surface area contributed by atoms with Crippen LogP contribution in [0.25, 0.3) is 0 Å². The van der Waals surface area contributed by atoms with E-state index in [0.29, 0.717) is 18.5 Å². The van der Waals surface area contributed by atoms with Gasteiger partial charge in [0.1, 0.15) is 6.04 Å². The van der Waals surface area contributed by atoms with Crippen LogP contribution in [0.3, 0.4) is 0 Å². The summed E-state index contributed by atoms with van der Waals surface area (Å²) in [4.78, 5) is 29.5. The van der Waals surface area contributed by atoms with Crippen LogP contribution in [-0.4, -0.2) is 22.8 Å². The van der Waals surface area contributed by atoms with Gasteiger partial charge in [0.05, 0.1) is 17.7 Å². The Balaban J connectivity index is 1.72. The van der Waals surface area contributed by atoms with E-state index in [2.05, 4.69) is 15.6 Å². The van der Waals surface area contributed by atoms with Crippen molar-refractivity contribution >= 4 is 23.2 Å². The third-order valence-corrected chi connectivity index (χ3v) is 4.75. The minimum absolute atomic E-state index is 0.229. The highest BCUT2D eigenvalue weighted by atomic mass is 32.1. The third kappa shape index (κ3) is 5.49. The number of hydrogen-bond acceptors (Lipinski definition) is 4. The van der Waals surface area contributed by atoms with E-state index in [1.54, 1.807) is 11.6 Å². The number of aryl methyl sites for hydroxylation is 1. The molecule has 2 amide bonds. The van der Waals surface area contributed by atoms with Crippen LogP contribution in [0.4, 0.5) is 0 Å². The van der Waals surface area contributed by atoms with Gasteiger partial charge in [-0.25, -0.2) is 4.98 Å². The van der Waals surface area contributed by atoms with Gasteiger partial charge in [-0.3, -0.25) is 9.59 Å². The van der Waals surface area contributed by atoms with Gasteiger partial charge in [-0.1, -0.05) is 48.0 Å². The fourth-order valence-electron chi connectivity index (χ4n) is 2.71. The molecular weight excluding hydrogens is 358 g/mol. The molecule has 0 aliphatic rings. The van der Waals surface area contributed by atoms with Crippen LogP contribution in [0.5, 0.6) is 0 Å². The SMILES string of the molecule is Cc1cccc(C(=O)N[C@H](Cc2ccccc2)C(=O)NCc2cscn2)c1. The van der Waals surface area contributed by atoms with E-state index in [9.17, 15) is 9.59 Å². The van der Waals surface area contributed by atoms with Gasteiger partial charge in [-0.15, -0.1) is 11.3 Å². The summed E-state index contributed by atoms with van der Waals surface area (Å²) in [6.45, 7) is 2.27. The van der Waals surface area contributed by atoms with Gasteiger partial charge in [-0.2, -0.15) is 0 Å². The predicted octanol–water partition coefficient (Wildman–Crippen LogP) is 3.11. The topological polar surface area (TPSA) is 71.1 Å². The first kappa shape index (κ1) is 18.8. The van der Waals surface area contributed by atoms with Crippen LogP contribution >= 0.6 is 11.3 Å². The molecule has 6 heteroatoms. The number of thiazole rings is 1. The fraction of sp³-hybridized carbons (Fsp3) is 0.190. The normalized spacial score (nSPS) is 11.6. The zero-order valence-corrected chi connectivity index (χ0v) is 15.8. The maximum atomic E-state index is 12.7. The number of carbonyl (C=O) groups excluding carboxylic acids is 2. The lowest BCUT2D eigenvalue weighted by atomic mass is 10.0. The lowest BCUT2D eigenvalue weighted by Crippen LogP contribution is -2.47. The number of carbonyl (C=O) groups is 2. The number of benzene rings is 2. The van der Waals surface area contributed by atoms with Gasteiger partial charge < -0.3 is 10.6 Å². The number of rotatable bonds is 7. The van der Waals surface area contributed by atoms with Crippen molar-refractivity contribution in [3.8, 4) is 0 Å². The van der Waals surface area contributed by atoms with Gasteiger partial charge in [0, 0.05) is 17.4 Å². The molecule has 0 saturated heterocycles. The van der Waals surface area contributed by atoms with E-state index in [1.807, 2.05) is 60.8 Å². The fourth-order valence-corrected chi connectivity index (χ4v) is 3.27. The second-order valence-corrected chi connectivity index (χ2v) is 7.00. The lowest BCUT2D eigenvalue weighted by Gasteiger charge is -2.19. The first-order chi connectivity index (χ1) is 13.1. The molecule has 2 N–H and O–H groups in total. The van der Waals surface area contributed by atoms with Crippen LogP contribution < -0.4 is 10.6 Å². The van der Waals surface area contributed by atoms with Crippen LogP contribution in [0.15, 0.2) is 65.5 Å². The van der Waals surface area contributed by atoms with Gasteiger partial charge in [0.15, 0.2) is 0 Å². The maximum absolute atomic E-state index is 12.7. The Kier molecular flexibility index (Phi) is 6.33. The Morgan fingerprint density at radius 1 is 1.11 bits per heavy atom. The van der Waals surface area contributed by atoms with E-state index in [4.69, 9.17) is 0 Å². The molecule has 0 bridgehead atoms. The summed E-state index contributed by atoms with van der Waals surface area (Å²) in [5.41, 5.74) is 5.05. The molecule has 3 aromatic rings. The average molecular weight is 379 g/mol. The summed E-state index contributed by atoms with van der Waals surface area (Å²) in [5, 5.41) is 7.62. The lowest BCUT2D eigenvalue weighted by molar-refractivity contribution is -0.123. The summed E-state index contributed by atoms with van der Waals surface area (Å²) < 4.78 is 0. The largest absolute Gasteiger partial charge is 0.349 e. The number of nitrogens with zero attached hydrogens (tertiary/aromatic N) is 1. The zero-order chi connectivity index (χ0) is 19.1. The first-order valence-electron chi connectivity index (χ1n) is 8.68. The minimum Gasteiger partial charge on any atom is -0.349 e. The Labute approximate surface area is 162 Å². The molecule has 0 fully saturated rings. The van der Waals surface area contributed by atoms with E-state index >= 15 is 0 Å². The summed E-state index contributed by atoms with van der Waals surface area (Å²) >= 11 is 1.48. The van der Waals surface area contributed by atoms with Crippen LogP contribution in [-0.2, 0) is 17.8 Å². The van der Waals surface area contributed by atoms with Crippen molar-refractivity contribution in [3.63, 3.8) is 0 Å². The van der Waals surface area contributed by atoms with Crippen molar-refractivity contribution < 1.29 is 9.59 Å². The Morgan fingerprint density at radius 2 is 1.93 bits per heavy atom. The van der Waals surface area contributed by atoms with E-state index in [0.717, 1.165) is 16.8 Å². The van der Waals surface area contributed by atoms with Gasteiger partial charge in [0.25, 0.3) is 5.91 Å². The molecule has 27 heavy (non-hydrogen) atoms. The summed E-state index contributed by atoms with van der Waals surface area (Å²) in [6, 6.07) is 16.3. The van der Waals surface area contributed by atoms with Gasteiger partial charge >= 0.3 is 0 Å². The van der Waals surface area contributed by atoms with Crippen molar-refractivity contribution in [1.82, 2.24) is 15.6 Å². The van der Waals surface area contributed by atoms with Crippen molar-refractivity contribution in [2.24, 2.45) is 0 Å². The maximum Gasteiger partial charge on any atom is 0.251 e. The number of aromatic nitrogens is 1. The summed E-state index contributed by atoms with van der Waals surface area (Å²) in [7, 11) is 0. The van der Waals surface area contributed by atoms with Crippen LogP contribution in [0.2, 0.25) is 0 Å².